The fourth-order valence-electron chi connectivity index (χ4n) is 1.30. The van der Waals surface area contributed by atoms with Gasteiger partial charge in [0, 0.05) is 13.2 Å². The zero-order valence-electron chi connectivity index (χ0n) is 10.8. The molecule has 0 aliphatic rings. The number of ether oxygens (including phenoxy) is 3. The zero-order chi connectivity index (χ0) is 15.0. The van der Waals surface area contributed by atoms with E-state index in [2.05, 4.69) is 0 Å². The minimum atomic E-state index is -1.08. The van der Waals surface area contributed by atoms with E-state index in [4.69, 9.17) is 14.2 Å². The number of carbonyl (C=O) groups is 1. The Bertz CT molecular complexity index is 479. The summed E-state index contributed by atoms with van der Waals surface area (Å²) < 4.78 is 27.9. The summed E-state index contributed by atoms with van der Waals surface area (Å²) in [4.78, 5) is 21.1. The Hall–Kier alpha value is -2.06. The average Bonchev–Trinajstić information content (AvgIpc) is 2.41. The molecule has 0 amide bonds. The highest BCUT2D eigenvalue weighted by Crippen LogP contribution is 2.18. The van der Waals surface area contributed by atoms with Gasteiger partial charge in [-0.15, -0.1) is 0 Å². The molecular formula is C12H14FNO6. The van der Waals surface area contributed by atoms with E-state index in [-0.39, 0.29) is 18.8 Å². The highest BCUT2D eigenvalue weighted by atomic mass is 19.1. The van der Waals surface area contributed by atoms with Crippen molar-refractivity contribution in [1.82, 2.24) is 0 Å². The van der Waals surface area contributed by atoms with Gasteiger partial charge in [0.25, 0.3) is 0 Å². The summed E-state index contributed by atoms with van der Waals surface area (Å²) >= 11 is 0. The van der Waals surface area contributed by atoms with Crippen LogP contribution in [0, 0.1) is 15.9 Å². The van der Waals surface area contributed by atoms with Gasteiger partial charge in [-0.2, -0.15) is 4.39 Å². The molecule has 20 heavy (non-hydrogen) atoms. The second-order valence-electron chi connectivity index (χ2n) is 3.66. The van der Waals surface area contributed by atoms with E-state index < -0.39 is 22.4 Å². The topological polar surface area (TPSA) is 87.9 Å². The van der Waals surface area contributed by atoms with Gasteiger partial charge in [0.2, 0.25) is 5.82 Å². The fraction of sp³-hybridized carbons (Fsp3) is 0.417. The molecule has 8 heteroatoms. The number of hydrogen-bond acceptors (Lipinski definition) is 6. The third-order valence-corrected chi connectivity index (χ3v) is 2.27. The molecule has 0 heterocycles. The molecule has 0 radical (unpaired) electrons. The van der Waals surface area contributed by atoms with E-state index in [0.29, 0.717) is 13.2 Å². The average molecular weight is 287 g/mol. The van der Waals surface area contributed by atoms with Gasteiger partial charge in [-0.3, -0.25) is 10.1 Å². The van der Waals surface area contributed by atoms with Crippen molar-refractivity contribution in [3.05, 3.63) is 39.7 Å². The molecule has 7 nitrogen and oxygen atoms in total. The number of methoxy groups -OCH3 is 1. The second-order valence-corrected chi connectivity index (χ2v) is 3.66. The molecular weight excluding hydrogens is 273 g/mol. The summed E-state index contributed by atoms with van der Waals surface area (Å²) in [6.45, 7) is 0.993. The summed E-state index contributed by atoms with van der Waals surface area (Å²) in [7, 11) is 1.53. The van der Waals surface area contributed by atoms with Crippen LogP contribution in [0.15, 0.2) is 18.2 Å². The molecule has 0 aliphatic heterocycles. The first-order valence-electron chi connectivity index (χ1n) is 5.74. The number of hydrogen-bond donors (Lipinski definition) is 0. The van der Waals surface area contributed by atoms with E-state index >= 15 is 0 Å². The van der Waals surface area contributed by atoms with Gasteiger partial charge in [-0.25, -0.2) is 4.79 Å². The maximum absolute atomic E-state index is 13.3. The monoisotopic (exact) mass is 287 g/mol. The van der Waals surface area contributed by atoms with Gasteiger partial charge in [0.1, 0.15) is 6.61 Å². The van der Waals surface area contributed by atoms with Crippen molar-refractivity contribution in [2.45, 2.75) is 0 Å². The number of nitro benzene ring substituents is 1. The van der Waals surface area contributed by atoms with Crippen molar-refractivity contribution in [3.8, 4) is 0 Å². The third-order valence-electron chi connectivity index (χ3n) is 2.27. The van der Waals surface area contributed by atoms with Gasteiger partial charge in [0.05, 0.1) is 30.3 Å². The Kier molecular flexibility index (Phi) is 6.54. The van der Waals surface area contributed by atoms with Crippen LogP contribution in [0.5, 0.6) is 0 Å². The predicted molar refractivity (Wildman–Crippen MR) is 66.0 cm³/mol. The molecule has 0 unspecified atom stereocenters. The van der Waals surface area contributed by atoms with E-state index in [1.807, 2.05) is 0 Å². The summed E-state index contributed by atoms with van der Waals surface area (Å²) in [6.07, 6.45) is 0. The Morgan fingerprint density at radius 3 is 2.60 bits per heavy atom. The molecule has 0 aliphatic carbocycles. The SMILES string of the molecule is COCCOCCOC(=O)c1ccc([N+](=O)[O-])c(F)c1. The lowest BCUT2D eigenvalue weighted by Crippen LogP contribution is -2.13. The van der Waals surface area contributed by atoms with E-state index in [1.54, 1.807) is 0 Å². The maximum atomic E-state index is 13.3. The van der Waals surface area contributed by atoms with Crippen molar-refractivity contribution in [1.29, 1.82) is 0 Å². The van der Waals surface area contributed by atoms with Crippen molar-refractivity contribution in [2.24, 2.45) is 0 Å². The van der Waals surface area contributed by atoms with Crippen LogP contribution in [0.2, 0.25) is 0 Å². The molecule has 0 aromatic heterocycles. The summed E-state index contributed by atoms with van der Waals surface area (Å²) in [5, 5.41) is 10.4. The molecule has 1 aromatic rings. The van der Waals surface area contributed by atoms with Crippen molar-refractivity contribution in [2.75, 3.05) is 33.5 Å². The van der Waals surface area contributed by atoms with Crippen LogP contribution in [-0.4, -0.2) is 44.4 Å². The van der Waals surface area contributed by atoms with Gasteiger partial charge in [0.15, 0.2) is 0 Å². The number of nitrogens with zero attached hydrogens (tertiary/aromatic N) is 1. The number of carbonyl (C=O) groups excluding carboxylic acids is 1. The quantitative estimate of drug-likeness (QED) is 0.312. The number of benzene rings is 1. The molecule has 0 saturated heterocycles. The number of halogens is 1. The highest BCUT2D eigenvalue weighted by Gasteiger charge is 2.17. The number of esters is 1. The lowest BCUT2D eigenvalue weighted by Gasteiger charge is -2.06. The molecule has 1 rings (SSSR count). The molecule has 1 aromatic carbocycles. The summed E-state index contributed by atoms with van der Waals surface area (Å²) in [5.74, 6) is -1.85. The van der Waals surface area contributed by atoms with Crippen molar-refractivity contribution in [3.63, 3.8) is 0 Å². The minimum Gasteiger partial charge on any atom is -0.460 e. The molecule has 0 saturated carbocycles. The molecule has 0 fully saturated rings. The van der Waals surface area contributed by atoms with E-state index in [1.165, 1.54) is 7.11 Å². The third kappa shape index (κ3) is 4.90. The van der Waals surface area contributed by atoms with Crippen LogP contribution < -0.4 is 0 Å². The maximum Gasteiger partial charge on any atom is 0.338 e. The van der Waals surface area contributed by atoms with Crippen LogP contribution in [0.1, 0.15) is 10.4 Å². The Morgan fingerprint density at radius 1 is 1.30 bits per heavy atom. The van der Waals surface area contributed by atoms with Crippen molar-refractivity contribution < 1.29 is 28.3 Å². The largest absolute Gasteiger partial charge is 0.460 e. The molecule has 0 N–H and O–H groups in total. The van der Waals surface area contributed by atoms with Gasteiger partial charge in [-0.1, -0.05) is 0 Å². The molecule has 110 valence electrons. The van der Waals surface area contributed by atoms with Gasteiger partial charge >= 0.3 is 11.7 Å². The highest BCUT2D eigenvalue weighted by molar-refractivity contribution is 5.89. The van der Waals surface area contributed by atoms with Crippen LogP contribution >= 0.6 is 0 Å². The Labute approximate surface area is 114 Å². The minimum absolute atomic E-state index is 0.00115. The summed E-state index contributed by atoms with van der Waals surface area (Å²) in [6, 6.07) is 2.82. The van der Waals surface area contributed by atoms with Crippen LogP contribution in [0.4, 0.5) is 10.1 Å². The second kappa shape index (κ2) is 8.18. The van der Waals surface area contributed by atoms with Crippen LogP contribution in [-0.2, 0) is 14.2 Å². The first-order chi connectivity index (χ1) is 9.56. The van der Waals surface area contributed by atoms with E-state index in [9.17, 15) is 19.3 Å². The van der Waals surface area contributed by atoms with Crippen molar-refractivity contribution >= 4 is 11.7 Å². The normalized spacial score (nSPS) is 10.3. The first kappa shape index (κ1) is 16.0. The lowest BCUT2D eigenvalue weighted by molar-refractivity contribution is -0.387. The standard InChI is InChI=1S/C12H14FNO6/c1-18-4-5-19-6-7-20-12(15)9-2-3-11(14(16)17)10(13)8-9/h2-3,8H,4-7H2,1H3. The number of nitro groups is 1. The summed E-state index contributed by atoms with van der Waals surface area (Å²) in [5.41, 5.74) is -0.783. The smallest absolute Gasteiger partial charge is 0.338 e. The van der Waals surface area contributed by atoms with E-state index in [0.717, 1.165) is 18.2 Å². The lowest BCUT2D eigenvalue weighted by atomic mass is 10.2. The van der Waals surface area contributed by atoms with Gasteiger partial charge < -0.3 is 14.2 Å². The Balaban J connectivity index is 2.44. The predicted octanol–water partition coefficient (Wildman–Crippen LogP) is 1.55. The van der Waals surface area contributed by atoms with Gasteiger partial charge in [-0.05, 0) is 12.1 Å². The fourth-order valence-corrected chi connectivity index (χ4v) is 1.30. The number of rotatable bonds is 8. The van der Waals surface area contributed by atoms with Crippen LogP contribution in [0.3, 0.4) is 0 Å². The van der Waals surface area contributed by atoms with Crippen LogP contribution in [0.25, 0.3) is 0 Å². The molecule has 0 atom stereocenters. The molecule has 0 spiro atoms. The Morgan fingerprint density at radius 2 is 2.00 bits per heavy atom. The first-order valence-corrected chi connectivity index (χ1v) is 5.74. The zero-order valence-corrected chi connectivity index (χ0v) is 10.8. The molecule has 0 bridgehead atoms.